The molecule has 0 unspecified atom stereocenters. The molecule has 0 spiro atoms. The van der Waals surface area contributed by atoms with Crippen LogP contribution in [0.5, 0.6) is 0 Å². The van der Waals surface area contributed by atoms with Crippen molar-refractivity contribution in [2.75, 3.05) is 0 Å². The summed E-state index contributed by atoms with van der Waals surface area (Å²) in [6.07, 6.45) is 3.88. The second-order valence-electron chi connectivity index (χ2n) is 17.4. The molecular formula is C62H38N6O2. The molecule has 8 heteroatoms. The van der Waals surface area contributed by atoms with E-state index in [9.17, 15) is 0 Å². The fraction of sp³-hybridized carbons (Fsp3) is 0. The van der Waals surface area contributed by atoms with Crippen LogP contribution in [0.4, 0.5) is 0 Å². The molecule has 9 aromatic carbocycles. The van der Waals surface area contributed by atoms with Gasteiger partial charge in [0.25, 0.3) is 0 Å². The van der Waals surface area contributed by atoms with Gasteiger partial charge in [0.2, 0.25) is 11.8 Å². The van der Waals surface area contributed by atoms with Crippen molar-refractivity contribution in [1.82, 2.24) is 29.1 Å². The molecule has 328 valence electrons. The molecule has 0 fully saturated rings. The molecule has 15 rings (SSSR count). The standard InChI is InChI=1S/C34H21N3O.C28H17N3O/c1-2-9-22(10-3-1)34-36-28-17-18-31-32(33(28)38-34)27-15-6-7-16-30(27)37(31)26-14-8-13-24(19-26)29-20-23-11-4-5-12-25(23)21-35-29;1-2-8-18(9-3-1)28-30-22-14-15-24-26(27(22)32-28)21-12-6-7-13-23(21)31(24)25-16-19-10-4-5-11-20(19)17-29-25/h1-21H;1-17H. The van der Waals surface area contributed by atoms with Crippen molar-refractivity contribution in [3.63, 3.8) is 0 Å². The quantitative estimate of drug-likeness (QED) is 0.171. The monoisotopic (exact) mass is 898 g/mol. The van der Waals surface area contributed by atoms with Gasteiger partial charge in [-0.25, -0.2) is 15.0 Å². The van der Waals surface area contributed by atoms with Gasteiger partial charge in [-0.05, 0) is 95.7 Å². The van der Waals surface area contributed by atoms with E-state index in [-0.39, 0.29) is 0 Å². The van der Waals surface area contributed by atoms with Crippen LogP contribution in [0.15, 0.2) is 240 Å². The van der Waals surface area contributed by atoms with Crippen LogP contribution in [0.2, 0.25) is 0 Å². The molecule has 0 radical (unpaired) electrons. The molecule has 0 saturated carbocycles. The smallest absolute Gasteiger partial charge is 0.227 e. The largest absolute Gasteiger partial charge is 0.435 e. The van der Waals surface area contributed by atoms with E-state index in [4.69, 9.17) is 28.8 Å². The van der Waals surface area contributed by atoms with E-state index in [0.717, 1.165) is 116 Å². The van der Waals surface area contributed by atoms with Crippen LogP contribution in [-0.2, 0) is 0 Å². The Bertz CT molecular complexity index is 4490. The van der Waals surface area contributed by atoms with Crippen molar-refractivity contribution in [1.29, 1.82) is 0 Å². The highest BCUT2D eigenvalue weighted by Gasteiger charge is 2.21. The van der Waals surface area contributed by atoms with Gasteiger partial charge in [-0.3, -0.25) is 9.55 Å². The van der Waals surface area contributed by atoms with Crippen LogP contribution in [0.3, 0.4) is 0 Å². The van der Waals surface area contributed by atoms with Crippen LogP contribution in [0, 0.1) is 0 Å². The first-order valence-corrected chi connectivity index (χ1v) is 23.3. The van der Waals surface area contributed by atoms with Gasteiger partial charge in [-0.1, -0.05) is 133 Å². The summed E-state index contributed by atoms with van der Waals surface area (Å²) in [6, 6.07) is 74.8. The van der Waals surface area contributed by atoms with E-state index >= 15 is 0 Å². The summed E-state index contributed by atoms with van der Waals surface area (Å²) in [5, 5.41) is 9.00. The molecule has 15 aromatic rings. The van der Waals surface area contributed by atoms with Crippen LogP contribution in [0.25, 0.3) is 133 Å². The second-order valence-corrected chi connectivity index (χ2v) is 17.4. The first kappa shape index (κ1) is 39.5. The van der Waals surface area contributed by atoms with Crippen molar-refractivity contribution in [3.8, 4) is 45.7 Å². The normalized spacial score (nSPS) is 11.7. The molecule has 70 heavy (non-hydrogen) atoms. The molecule has 0 bridgehead atoms. The first-order valence-electron chi connectivity index (χ1n) is 23.3. The number of pyridine rings is 2. The summed E-state index contributed by atoms with van der Waals surface area (Å²) in [5.41, 5.74) is 12.7. The number of rotatable bonds is 5. The predicted octanol–water partition coefficient (Wildman–Crippen LogP) is 15.9. The highest BCUT2D eigenvalue weighted by atomic mass is 16.4. The van der Waals surface area contributed by atoms with Crippen LogP contribution in [-0.4, -0.2) is 29.1 Å². The summed E-state index contributed by atoms with van der Waals surface area (Å²) >= 11 is 0. The number of hydrogen-bond acceptors (Lipinski definition) is 6. The average Bonchev–Trinajstić information content (AvgIpc) is 4.22. The van der Waals surface area contributed by atoms with Gasteiger partial charge in [-0.15, -0.1) is 0 Å². The fourth-order valence-electron chi connectivity index (χ4n) is 10.0. The van der Waals surface area contributed by atoms with E-state index in [1.165, 1.54) is 5.39 Å². The number of nitrogens with zero attached hydrogens (tertiary/aromatic N) is 6. The number of aromatic nitrogens is 6. The second kappa shape index (κ2) is 16.0. The van der Waals surface area contributed by atoms with Crippen LogP contribution < -0.4 is 0 Å². The topological polar surface area (TPSA) is 87.7 Å². The molecule has 0 amide bonds. The third-order valence-electron chi connectivity index (χ3n) is 13.3. The highest BCUT2D eigenvalue weighted by molar-refractivity contribution is 6.20. The van der Waals surface area contributed by atoms with Crippen molar-refractivity contribution >= 4 is 87.4 Å². The Kier molecular flexibility index (Phi) is 9.03. The van der Waals surface area contributed by atoms with Crippen molar-refractivity contribution in [3.05, 3.63) is 231 Å². The Morgan fingerprint density at radius 2 is 0.829 bits per heavy atom. The van der Waals surface area contributed by atoms with Crippen LogP contribution in [0.1, 0.15) is 0 Å². The van der Waals surface area contributed by atoms with Crippen molar-refractivity contribution < 1.29 is 8.83 Å². The number of oxazole rings is 2. The number of fused-ring (bicyclic) bond motifs is 12. The Labute approximate surface area is 400 Å². The molecule has 6 aromatic heterocycles. The van der Waals surface area contributed by atoms with Gasteiger partial charge in [-0.2, -0.15) is 0 Å². The molecule has 0 aliphatic heterocycles. The zero-order chi connectivity index (χ0) is 46.1. The Morgan fingerprint density at radius 1 is 0.343 bits per heavy atom. The lowest BCUT2D eigenvalue weighted by atomic mass is 10.1. The minimum atomic E-state index is 0.633. The van der Waals surface area contributed by atoms with E-state index in [2.05, 4.69) is 149 Å². The van der Waals surface area contributed by atoms with Gasteiger partial charge in [0.1, 0.15) is 16.9 Å². The minimum absolute atomic E-state index is 0.633. The molecule has 0 atom stereocenters. The van der Waals surface area contributed by atoms with Gasteiger partial charge in [0.15, 0.2) is 11.2 Å². The molecule has 0 aliphatic carbocycles. The third kappa shape index (κ3) is 6.46. The zero-order valence-electron chi connectivity index (χ0n) is 37.4. The highest BCUT2D eigenvalue weighted by Crippen LogP contribution is 2.41. The lowest BCUT2D eigenvalue weighted by molar-refractivity contribution is 0.622. The Morgan fingerprint density at radius 3 is 1.44 bits per heavy atom. The molecule has 6 heterocycles. The van der Waals surface area contributed by atoms with Gasteiger partial charge in [0, 0.05) is 56.3 Å². The van der Waals surface area contributed by atoms with E-state index in [1.54, 1.807) is 0 Å². The fourth-order valence-corrected chi connectivity index (χ4v) is 10.0. The summed E-state index contributed by atoms with van der Waals surface area (Å²) in [6.45, 7) is 0. The number of para-hydroxylation sites is 2. The van der Waals surface area contributed by atoms with E-state index in [1.807, 2.05) is 91.3 Å². The van der Waals surface area contributed by atoms with Gasteiger partial charge in [0.05, 0.1) is 38.5 Å². The maximum atomic E-state index is 6.42. The van der Waals surface area contributed by atoms with Crippen molar-refractivity contribution in [2.45, 2.75) is 0 Å². The molecule has 0 N–H and O–H groups in total. The van der Waals surface area contributed by atoms with Gasteiger partial charge < -0.3 is 13.4 Å². The summed E-state index contributed by atoms with van der Waals surface area (Å²) < 4.78 is 17.3. The Balaban J connectivity index is 0.000000133. The number of hydrogen-bond donors (Lipinski definition) is 0. The molecular weight excluding hydrogens is 861 g/mol. The third-order valence-corrected chi connectivity index (χ3v) is 13.3. The molecule has 8 nitrogen and oxygen atoms in total. The number of benzene rings is 9. The summed E-state index contributed by atoms with van der Waals surface area (Å²) in [5.74, 6) is 2.15. The minimum Gasteiger partial charge on any atom is -0.435 e. The molecule has 0 saturated heterocycles. The lowest BCUT2D eigenvalue weighted by Crippen LogP contribution is -1.97. The van der Waals surface area contributed by atoms with E-state index in [0.29, 0.717) is 11.8 Å². The summed E-state index contributed by atoms with van der Waals surface area (Å²) in [4.78, 5) is 19.2. The zero-order valence-corrected chi connectivity index (χ0v) is 37.4. The first-order chi connectivity index (χ1) is 34.7. The lowest BCUT2D eigenvalue weighted by Gasteiger charge is -2.10. The van der Waals surface area contributed by atoms with Crippen LogP contribution >= 0.6 is 0 Å². The van der Waals surface area contributed by atoms with Gasteiger partial charge >= 0.3 is 0 Å². The maximum Gasteiger partial charge on any atom is 0.227 e. The predicted molar refractivity (Wildman–Crippen MR) is 284 cm³/mol. The Hall–Kier alpha value is -9.66. The van der Waals surface area contributed by atoms with E-state index < -0.39 is 0 Å². The molecule has 0 aliphatic rings. The van der Waals surface area contributed by atoms with Crippen molar-refractivity contribution in [2.24, 2.45) is 0 Å². The SMILES string of the molecule is c1ccc(-c2nc3ccc4c(c5ccccc5n4-c4cc5ccccc5cn4)c3o2)cc1.c1ccc(-c2nc3ccc4c(c5ccccc5n4-c4cccc(-c5cc6ccccc6cn5)c4)c3o2)cc1. The maximum absolute atomic E-state index is 6.42. The average molecular weight is 899 g/mol. The summed E-state index contributed by atoms with van der Waals surface area (Å²) in [7, 11) is 0.